The van der Waals surface area contributed by atoms with Crippen molar-refractivity contribution in [3.05, 3.63) is 38.6 Å². The topological polar surface area (TPSA) is 12.9 Å². The summed E-state index contributed by atoms with van der Waals surface area (Å²) in [5.41, 5.74) is 7.23. The highest BCUT2D eigenvalue weighted by atomic mass is 79.9. The zero-order chi connectivity index (χ0) is 10.3. The molecule has 1 nitrogen and oxygen atoms in total. The number of aryl methyl sites for hydroxylation is 2. The molecule has 76 valence electrons. The maximum Gasteiger partial charge on any atom is 0.0976 e. The van der Waals surface area contributed by atoms with E-state index in [4.69, 9.17) is 0 Å². The number of hydrogen-bond donors (Lipinski definition) is 0. The molecule has 0 radical (unpaired) electrons. The van der Waals surface area contributed by atoms with Crippen LogP contribution in [0.5, 0.6) is 0 Å². The van der Waals surface area contributed by atoms with Crippen molar-refractivity contribution in [3.63, 3.8) is 0 Å². The second-order valence-corrected chi connectivity index (χ2v) is 5.98. The predicted octanol–water partition coefficient (Wildman–Crippen LogP) is 4.06. The summed E-state index contributed by atoms with van der Waals surface area (Å²) in [7, 11) is 0. The van der Waals surface area contributed by atoms with Crippen molar-refractivity contribution in [2.24, 2.45) is 0 Å². The third kappa shape index (κ3) is 1.64. The summed E-state index contributed by atoms with van der Waals surface area (Å²) in [6.45, 7) is 0. The van der Waals surface area contributed by atoms with E-state index in [-0.39, 0.29) is 0 Å². The number of nitrogens with zero attached hydrogens (tertiary/aromatic N) is 1. The van der Waals surface area contributed by atoms with E-state index in [1.165, 1.54) is 36.0 Å². The number of thiazole rings is 1. The van der Waals surface area contributed by atoms with Gasteiger partial charge in [-0.3, -0.25) is 0 Å². The summed E-state index contributed by atoms with van der Waals surface area (Å²) in [5.74, 6) is 0. The molecule has 0 amide bonds. The monoisotopic (exact) mass is 279 g/mol. The SMILES string of the molecule is Brc1scnc1-c1ccc2c(c1)CCC2. The van der Waals surface area contributed by atoms with E-state index < -0.39 is 0 Å². The largest absolute Gasteiger partial charge is 0.243 e. The van der Waals surface area contributed by atoms with Crippen LogP contribution in [0.3, 0.4) is 0 Å². The van der Waals surface area contributed by atoms with E-state index in [0.29, 0.717) is 0 Å². The molecule has 0 saturated carbocycles. The van der Waals surface area contributed by atoms with Crippen molar-refractivity contribution in [2.75, 3.05) is 0 Å². The van der Waals surface area contributed by atoms with Gasteiger partial charge in [0, 0.05) is 5.56 Å². The van der Waals surface area contributed by atoms with Gasteiger partial charge < -0.3 is 0 Å². The molecule has 15 heavy (non-hydrogen) atoms. The van der Waals surface area contributed by atoms with Crippen molar-refractivity contribution in [1.29, 1.82) is 0 Å². The van der Waals surface area contributed by atoms with Crippen molar-refractivity contribution in [3.8, 4) is 11.3 Å². The molecule has 0 spiro atoms. The number of fused-ring (bicyclic) bond motifs is 1. The van der Waals surface area contributed by atoms with Crippen LogP contribution in [0, 0.1) is 0 Å². The van der Waals surface area contributed by atoms with Gasteiger partial charge in [-0.15, -0.1) is 11.3 Å². The Bertz CT molecular complexity index is 504. The Kier molecular flexibility index (Phi) is 2.37. The third-order valence-corrected chi connectivity index (χ3v) is 4.44. The molecular weight excluding hydrogens is 270 g/mol. The van der Waals surface area contributed by atoms with Gasteiger partial charge in [-0.2, -0.15) is 0 Å². The van der Waals surface area contributed by atoms with Gasteiger partial charge >= 0.3 is 0 Å². The lowest BCUT2D eigenvalue weighted by Crippen LogP contribution is -1.84. The Morgan fingerprint density at radius 1 is 1.20 bits per heavy atom. The smallest absolute Gasteiger partial charge is 0.0976 e. The molecule has 0 fully saturated rings. The van der Waals surface area contributed by atoms with E-state index in [2.05, 4.69) is 39.1 Å². The number of rotatable bonds is 1. The van der Waals surface area contributed by atoms with E-state index in [9.17, 15) is 0 Å². The normalized spacial score (nSPS) is 14.2. The highest BCUT2D eigenvalue weighted by Crippen LogP contribution is 2.33. The molecule has 2 aromatic rings. The van der Waals surface area contributed by atoms with Crippen LogP contribution in [-0.4, -0.2) is 4.98 Å². The Labute approximate surface area is 101 Å². The molecule has 3 heteroatoms. The first-order valence-electron chi connectivity index (χ1n) is 5.06. The maximum absolute atomic E-state index is 4.38. The molecule has 0 N–H and O–H groups in total. The van der Waals surface area contributed by atoms with Crippen LogP contribution in [0.25, 0.3) is 11.3 Å². The van der Waals surface area contributed by atoms with Crippen LogP contribution >= 0.6 is 27.3 Å². The Morgan fingerprint density at radius 2 is 2.07 bits per heavy atom. The first-order valence-corrected chi connectivity index (χ1v) is 6.73. The zero-order valence-electron chi connectivity index (χ0n) is 8.16. The van der Waals surface area contributed by atoms with Crippen LogP contribution in [0.2, 0.25) is 0 Å². The molecule has 1 aromatic heterocycles. The van der Waals surface area contributed by atoms with Crippen molar-refractivity contribution < 1.29 is 0 Å². The van der Waals surface area contributed by atoms with Gasteiger partial charge in [0.2, 0.25) is 0 Å². The number of hydrogen-bond acceptors (Lipinski definition) is 2. The molecule has 1 aliphatic carbocycles. The van der Waals surface area contributed by atoms with Crippen molar-refractivity contribution >= 4 is 27.3 Å². The first-order chi connectivity index (χ1) is 7.34. The third-order valence-electron chi connectivity index (χ3n) is 2.90. The van der Waals surface area contributed by atoms with Gasteiger partial charge in [-0.1, -0.05) is 12.1 Å². The Balaban J connectivity index is 2.11. The zero-order valence-corrected chi connectivity index (χ0v) is 10.6. The molecule has 0 bridgehead atoms. The molecule has 1 aliphatic rings. The molecular formula is C12H10BrNS. The van der Waals surface area contributed by atoms with E-state index in [0.717, 1.165) is 9.48 Å². The van der Waals surface area contributed by atoms with Gasteiger partial charge in [-0.25, -0.2) is 4.98 Å². The summed E-state index contributed by atoms with van der Waals surface area (Å²) in [5, 5.41) is 0. The second-order valence-electron chi connectivity index (χ2n) is 3.81. The Morgan fingerprint density at radius 3 is 2.87 bits per heavy atom. The fourth-order valence-corrected chi connectivity index (χ4v) is 3.25. The number of aromatic nitrogens is 1. The molecule has 0 saturated heterocycles. The van der Waals surface area contributed by atoms with Gasteiger partial charge in [0.15, 0.2) is 0 Å². The summed E-state index contributed by atoms with van der Waals surface area (Å²) in [4.78, 5) is 4.38. The van der Waals surface area contributed by atoms with E-state index in [1.807, 2.05) is 5.51 Å². The molecule has 1 aromatic carbocycles. The van der Waals surface area contributed by atoms with Crippen molar-refractivity contribution in [1.82, 2.24) is 4.98 Å². The number of benzene rings is 1. The van der Waals surface area contributed by atoms with Crippen LogP contribution in [0.1, 0.15) is 17.5 Å². The minimum atomic E-state index is 1.08. The number of halogens is 1. The molecule has 1 heterocycles. The van der Waals surface area contributed by atoms with Gasteiger partial charge in [0.25, 0.3) is 0 Å². The first kappa shape index (κ1) is 9.55. The highest BCUT2D eigenvalue weighted by molar-refractivity contribution is 9.11. The summed E-state index contributed by atoms with van der Waals surface area (Å²) in [6, 6.07) is 6.73. The minimum Gasteiger partial charge on any atom is -0.243 e. The average Bonchev–Trinajstić information content (AvgIpc) is 2.84. The molecule has 0 atom stereocenters. The molecule has 0 unspecified atom stereocenters. The average molecular weight is 280 g/mol. The molecule has 3 rings (SSSR count). The van der Waals surface area contributed by atoms with Crippen LogP contribution < -0.4 is 0 Å². The van der Waals surface area contributed by atoms with Crippen LogP contribution in [-0.2, 0) is 12.8 Å². The van der Waals surface area contributed by atoms with E-state index in [1.54, 1.807) is 11.3 Å². The van der Waals surface area contributed by atoms with Gasteiger partial charge in [0.1, 0.15) is 0 Å². The van der Waals surface area contributed by atoms with Crippen LogP contribution in [0.15, 0.2) is 27.5 Å². The summed E-state index contributed by atoms with van der Waals surface area (Å²) in [6.07, 6.45) is 3.77. The highest BCUT2D eigenvalue weighted by Gasteiger charge is 2.13. The lowest BCUT2D eigenvalue weighted by atomic mass is 10.1. The van der Waals surface area contributed by atoms with E-state index >= 15 is 0 Å². The van der Waals surface area contributed by atoms with Crippen molar-refractivity contribution in [2.45, 2.75) is 19.3 Å². The lowest BCUT2D eigenvalue weighted by Gasteiger charge is -2.02. The Hall–Kier alpha value is -0.670. The predicted molar refractivity (Wildman–Crippen MR) is 67.3 cm³/mol. The van der Waals surface area contributed by atoms with Crippen LogP contribution in [0.4, 0.5) is 0 Å². The summed E-state index contributed by atoms with van der Waals surface area (Å²) >= 11 is 5.18. The fourth-order valence-electron chi connectivity index (χ4n) is 2.14. The minimum absolute atomic E-state index is 1.08. The second kappa shape index (κ2) is 3.72. The maximum atomic E-state index is 4.38. The van der Waals surface area contributed by atoms with Gasteiger partial charge in [-0.05, 0) is 52.4 Å². The lowest BCUT2D eigenvalue weighted by molar-refractivity contribution is 0.912. The van der Waals surface area contributed by atoms with Gasteiger partial charge in [0.05, 0.1) is 15.0 Å². The fraction of sp³-hybridized carbons (Fsp3) is 0.250. The quantitative estimate of drug-likeness (QED) is 0.767. The standard InChI is InChI=1S/C12H10BrNS/c13-12-11(14-7-15-12)10-5-4-8-2-1-3-9(8)6-10/h4-7H,1-3H2. The summed E-state index contributed by atoms with van der Waals surface area (Å²) < 4.78 is 1.13. The molecule has 0 aliphatic heterocycles.